The van der Waals surface area contributed by atoms with Crippen LogP contribution in [0.1, 0.15) is 5.56 Å². The number of benzene rings is 1. The highest BCUT2D eigenvalue weighted by atomic mass is 35.5. The molecular weight excluding hydrogens is 268 g/mol. The van der Waals surface area contributed by atoms with Gasteiger partial charge in [0.15, 0.2) is 5.11 Å². The minimum atomic E-state index is -0.309. The Hall–Kier alpha value is -1.65. The molecule has 0 spiro atoms. The van der Waals surface area contributed by atoms with Crippen LogP contribution in [0.25, 0.3) is 6.08 Å². The van der Waals surface area contributed by atoms with Crippen LogP contribution in [0, 0.1) is 0 Å². The average molecular weight is 281 g/mol. The first-order valence-corrected chi connectivity index (χ1v) is 6.04. The molecule has 0 aromatic heterocycles. The van der Waals surface area contributed by atoms with Crippen LogP contribution in [0.3, 0.4) is 0 Å². The predicted molar refractivity (Wildman–Crippen MR) is 79.4 cm³/mol. The Kier molecular flexibility index (Phi) is 6.11. The average Bonchev–Trinajstić information content (AvgIpc) is 2.35. The van der Waals surface area contributed by atoms with Gasteiger partial charge < -0.3 is 5.32 Å². The van der Waals surface area contributed by atoms with E-state index in [1.54, 1.807) is 18.2 Å². The highest BCUT2D eigenvalue weighted by molar-refractivity contribution is 7.80. The number of hydrogen-bond donors (Lipinski definition) is 2. The van der Waals surface area contributed by atoms with Gasteiger partial charge in [-0.1, -0.05) is 35.9 Å². The first-order valence-electron chi connectivity index (χ1n) is 5.26. The Balaban J connectivity index is 2.52. The van der Waals surface area contributed by atoms with Crippen molar-refractivity contribution < 1.29 is 4.79 Å². The Labute approximate surface area is 117 Å². The van der Waals surface area contributed by atoms with Crippen molar-refractivity contribution in [3.05, 3.63) is 53.6 Å². The number of carbonyl (C=O) groups excluding carboxylic acids is 1. The number of carbonyl (C=O) groups is 1. The van der Waals surface area contributed by atoms with Crippen LogP contribution in [-0.4, -0.2) is 17.6 Å². The summed E-state index contributed by atoms with van der Waals surface area (Å²) in [5, 5.41) is 6.16. The molecule has 0 aliphatic heterocycles. The topological polar surface area (TPSA) is 41.1 Å². The Morgan fingerprint density at radius 1 is 1.44 bits per heavy atom. The van der Waals surface area contributed by atoms with Crippen LogP contribution < -0.4 is 10.6 Å². The van der Waals surface area contributed by atoms with Gasteiger partial charge in [-0.05, 0) is 29.9 Å². The van der Waals surface area contributed by atoms with Crippen molar-refractivity contribution in [1.82, 2.24) is 10.6 Å². The smallest absolute Gasteiger partial charge is 0.250 e. The summed E-state index contributed by atoms with van der Waals surface area (Å²) in [6.07, 6.45) is 4.66. The number of nitrogens with one attached hydrogen (secondary N) is 2. The number of hydrogen-bond acceptors (Lipinski definition) is 2. The van der Waals surface area contributed by atoms with Crippen molar-refractivity contribution in [3.63, 3.8) is 0 Å². The normalized spacial score (nSPS) is 10.1. The molecule has 1 rings (SSSR count). The molecule has 0 fully saturated rings. The molecule has 0 aliphatic carbocycles. The predicted octanol–water partition coefficient (Wildman–Crippen LogP) is 2.53. The first kappa shape index (κ1) is 14.4. The molecule has 5 heteroatoms. The number of rotatable bonds is 4. The molecule has 0 saturated carbocycles. The van der Waals surface area contributed by atoms with Crippen LogP contribution in [0.2, 0.25) is 5.02 Å². The number of thiocarbonyl (C=S) groups is 1. The summed E-state index contributed by atoms with van der Waals surface area (Å²) in [6, 6.07) is 7.25. The molecule has 18 heavy (non-hydrogen) atoms. The zero-order valence-corrected chi connectivity index (χ0v) is 11.2. The number of halogens is 1. The summed E-state index contributed by atoms with van der Waals surface area (Å²) >= 11 is 10.9. The zero-order valence-electron chi connectivity index (χ0n) is 9.65. The zero-order chi connectivity index (χ0) is 13.4. The maximum atomic E-state index is 11.5. The second-order valence-electron chi connectivity index (χ2n) is 3.34. The standard InChI is InChI=1S/C13H13ClN2OS/c1-2-9-15-13(18)16-12(17)8-7-10-5-3-4-6-11(10)14/h2-8H,1,9H2,(H2,15,16,17,18). The lowest BCUT2D eigenvalue weighted by Crippen LogP contribution is -2.38. The van der Waals surface area contributed by atoms with E-state index in [1.807, 2.05) is 18.2 Å². The van der Waals surface area contributed by atoms with E-state index in [9.17, 15) is 4.79 Å². The second-order valence-corrected chi connectivity index (χ2v) is 4.16. The highest BCUT2D eigenvalue weighted by Gasteiger charge is 2.00. The molecule has 94 valence electrons. The highest BCUT2D eigenvalue weighted by Crippen LogP contribution is 2.15. The summed E-state index contributed by atoms with van der Waals surface area (Å²) < 4.78 is 0. The second kappa shape index (κ2) is 7.63. The Morgan fingerprint density at radius 2 is 2.17 bits per heavy atom. The van der Waals surface area contributed by atoms with Crippen molar-refractivity contribution in [3.8, 4) is 0 Å². The molecule has 3 nitrogen and oxygen atoms in total. The van der Waals surface area contributed by atoms with E-state index in [0.717, 1.165) is 5.56 Å². The van der Waals surface area contributed by atoms with E-state index in [-0.39, 0.29) is 11.0 Å². The Bertz CT molecular complexity index is 486. The molecule has 0 saturated heterocycles. The van der Waals surface area contributed by atoms with Gasteiger partial charge in [-0.25, -0.2) is 0 Å². The van der Waals surface area contributed by atoms with Gasteiger partial charge in [-0.2, -0.15) is 0 Å². The maximum Gasteiger partial charge on any atom is 0.250 e. The lowest BCUT2D eigenvalue weighted by atomic mass is 10.2. The van der Waals surface area contributed by atoms with Crippen LogP contribution in [0.15, 0.2) is 43.0 Å². The molecule has 1 aromatic carbocycles. The summed E-state index contributed by atoms with van der Waals surface area (Å²) in [4.78, 5) is 11.5. The van der Waals surface area contributed by atoms with Crippen LogP contribution in [0.4, 0.5) is 0 Å². The third-order valence-electron chi connectivity index (χ3n) is 1.96. The lowest BCUT2D eigenvalue weighted by molar-refractivity contribution is -0.115. The van der Waals surface area contributed by atoms with Gasteiger partial charge in [-0.3, -0.25) is 10.1 Å². The molecule has 1 amide bonds. The third kappa shape index (κ3) is 5.12. The van der Waals surface area contributed by atoms with Gasteiger partial charge in [0, 0.05) is 17.6 Å². The van der Waals surface area contributed by atoms with E-state index in [0.29, 0.717) is 11.6 Å². The van der Waals surface area contributed by atoms with Crippen molar-refractivity contribution in [2.24, 2.45) is 0 Å². The fraction of sp³-hybridized carbons (Fsp3) is 0.0769. The Morgan fingerprint density at radius 3 is 2.83 bits per heavy atom. The summed E-state index contributed by atoms with van der Waals surface area (Å²) in [5.41, 5.74) is 0.777. The maximum absolute atomic E-state index is 11.5. The summed E-state index contributed by atoms with van der Waals surface area (Å²) in [6.45, 7) is 4.04. The molecule has 0 unspecified atom stereocenters. The summed E-state index contributed by atoms with van der Waals surface area (Å²) in [5.74, 6) is -0.309. The van der Waals surface area contributed by atoms with Crippen molar-refractivity contribution in [1.29, 1.82) is 0 Å². The van der Waals surface area contributed by atoms with Crippen LogP contribution in [0.5, 0.6) is 0 Å². The molecule has 0 heterocycles. The van der Waals surface area contributed by atoms with E-state index >= 15 is 0 Å². The van der Waals surface area contributed by atoms with Gasteiger partial charge in [0.05, 0.1) is 0 Å². The van der Waals surface area contributed by atoms with Gasteiger partial charge in [-0.15, -0.1) is 6.58 Å². The van der Waals surface area contributed by atoms with E-state index in [4.69, 9.17) is 23.8 Å². The molecule has 0 radical (unpaired) electrons. The van der Waals surface area contributed by atoms with Gasteiger partial charge in [0.25, 0.3) is 0 Å². The van der Waals surface area contributed by atoms with Gasteiger partial charge in [0.2, 0.25) is 5.91 Å². The van der Waals surface area contributed by atoms with Crippen molar-refractivity contribution in [2.75, 3.05) is 6.54 Å². The fourth-order valence-corrected chi connectivity index (χ4v) is 1.52. The SMILES string of the molecule is C=CCNC(=S)NC(=O)C=Cc1ccccc1Cl. The van der Waals surface area contributed by atoms with Crippen LogP contribution in [-0.2, 0) is 4.79 Å². The molecule has 0 atom stereocenters. The van der Waals surface area contributed by atoms with E-state index in [2.05, 4.69) is 17.2 Å². The first-order chi connectivity index (χ1) is 8.63. The summed E-state index contributed by atoms with van der Waals surface area (Å²) in [7, 11) is 0. The van der Waals surface area contributed by atoms with E-state index < -0.39 is 0 Å². The molecule has 0 bridgehead atoms. The molecule has 2 N–H and O–H groups in total. The third-order valence-corrected chi connectivity index (χ3v) is 2.55. The lowest BCUT2D eigenvalue weighted by Gasteiger charge is -2.04. The monoisotopic (exact) mass is 280 g/mol. The quantitative estimate of drug-likeness (QED) is 0.506. The van der Waals surface area contributed by atoms with Gasteiger partial charge in [0.1, 0.15) is 0 Å². The molecular formula is C13H13ClN2OS. The molecule has 1 aromatic rings. The van der Waals surface area contributed by atoms with E-state index in [1.165, 1.54) is 6.08 Å². The minimum absolute atomic E-state index is 0.267. The number of amides is 1. The fourth-order valence-electron chi connectivity index (χ4n) is 1.14. The van der Waals surface area contributed by atoms with Gasteiger partial charge >= 0.3 is 0 Å². The minimum Gasteiger partial charge on any atom is -0.359 e. The van der Waals surface area contributed by atoms with Crippen molar-refractivity contribution >= 4 is 40.9 Å². The van der Waals surface area contributed by atoms with Crippen molar-refractivity contribution in [2.45, 2.75) is 0 Å². The largest absolute Gasteiger partial charge is 0.359 e. The molecule has 0 aliphatic rings. The van der Waals surface area contributed by atoms with Crippen LogP contribution >= 0.6 is 23.8 Å².